The summed E-state index contributed by atoms with van der Waals surface area (Å²) in [4.78, 5) is 17.6. The smallest absolute Gasteiger partial charge is 0.243 e. The van der Waals surface area contributed by atoms with Gasteiger partial charge in [0, 0.05) is 32.5 Å². The van der Waals surface area contributed by atoms with Crippen LogP contribution in [0, 0.1) is 0 Å². The van der Waals surface area contributed by atoms with Crippen LogP contribution in [0.2, 0.25) is 0 Å². The summed E-state index contributed by atoms with van der Waals surface area (Å²) in [7, 11) is -3.49. The summed E-state index contributed by atoms with van der Waals surface area (Å²) in [5, 5.41) is 3.05. The highest BCUT2D eigenvalue weighted by atomic mass is 32.2. The zero-order valence-electron chi connectivity index (χ0n) is 19.3. The molecule has 1 amide bonds. The van der Waals surface area contributed by atoms with Gasteiger partial charge in [-0.05, 0) is 49.9 Å². The van der Waals surface area contributed by atoms with Crippen molar-refractivity contribution < 1.29 is 13.2 Å². The maximum Gasteiger partial charge on any atom is 0.243 e. The fourth-order valence-electron chi connectivity index (χ4n) is 4.43. The molecule has 1 aliphatic rings. The number of rotatable bonds is 9. The third kappa shape index (κ3) is 5.12. The van der Waals surface area contributed by atoms with Gasteiger partial charge in [-0.25, -0.2) is 13.4 Å². The number of hydrogen-bond acceptors (Lipinski definition) is 4. The topological polar surface area (TPSA) is 84.3 Å². The Hall–Kier alpha value is -2.71. The molecule has 1 unspecified atom stereocenters. The molecule has 1 saturated heterocycles. The van der Waals surface area contributed by atoms with E-state index < -0.39 is 10.0 Å². The van der Waals surface area contributed by atoms with E-state index in [9.17, 15) is 13.2 Å². The first-order valence-electron chi connectivity index (χ1n) is 11.7. The number of fused-ring (bicyclic) bond motifs is 1. The zero-order chi connectivity index (χ0) is 23.4. The molecule has 1 N–H and O–H groups in total. The molecular weight excluding hydrogens is 436 g/mol. The summed E-state index contributed by atoms with van der Waals surface area (Å²) in [6, 6.07) is 15.0. The highest BCUT2D eigenvalue weighted by molar-refractivity contribution is 7.89. The second kappa shape index (κ2) is 10.1. The van der Waals surface area contributed by atoms with Crippen LogP contribution >= 0.6 is 0 Å². The number of nitrogens with zero attached hydrogens (tertiary/aromatic N) is 3. The molecule has 2 aromatic carbocycles. The van der Waals surface area contributed by atoms with Gasteiger partial charge in [0.2, 0.25) is 15.9 Å². The summed E-state index contributed by atoms with van der Waals surface area (Å²) in [5.41, 5.74) is 2.64. The van der Waals surface area contributed by atoms with Crippen LogP contribution in [-0.2, 0) is 27.8 Å². The normalized spacial score (nSPS) is 15.7. The molecule has 1 aromatic heterocycles. The minimum Gasteiger partial charge on any atom is -0.350 e. The van der Waals surface area contributed by atoms with Crippen LogP contribution in [0.1, 0.15) is 57.0 Å². The van der Waals surface area contributed by atoms with E-state index in [0.717, 1.165) is 42.7 Å². The quantitative estimate of drug-likeness (QED) is 0.514. The first kappa shape index (κ1) is 23.4. The van der Waals surface area contributed by atoms with E-state index >= 15 is 0 Å². The molecule has 1 aliphatic heterocycles. The summed E-state index contributed by atoms with van der Waals surface area (Å²) in [5.74, 6) is 0.781. The molecule has 0 saturated carbocycles. The number of carbonyl (C=O) groups excluding carboxylic acids is 1. The van der Waals surface area contributed by atoms with Gasteiger partial charge in [0.05, 0.1) is 22.0 Å². The number of aromatic nitrogens is 2. The lowest BCUT2D eigenvalue weighted by Gasteiger charge is -2.15. The molecule has 2 heterocycles. The summed E-state index contributed by atoms with van der Waals surface area (Å²) in [6.45, 7) is 5.99. The van der Waals surface area contributed by atoms with Gasteiger partial charge < -0.3 is 9.88 Å². The molecular formula is C25H32N4O3S. The Bertz CT molecular complexity index is 1220. The summed E-state index contributed by atoms with van der Waals surface area (Å²) >= 11 is 0. The average molecular weight is 469 g/mol. The molecule has 176 valence electrons. The minimum atomic E-state index is -3.49. The Morgan fingerprint density at radius 1 is 1.12 bits per heavy atom. The number of imidazole rings is 1. The van der Waals surface area contributed by atoms with Crippen molar-refractivity contribution in [2.24, 2.45) is 0 Å². The van der Waals surface area contributed by atoms with Crippen LogP contribution in [0.3, 0.4) is 0 Å². The summed E-state index contributed by atoms with van der Waals surface area (Å²) < 4.78 is 29.6. The number of carbonyl (C=O) groups is 1. The van der Waals surface area contributed by atoms with Crippen LogP contribution in [0.25, 0.3) is 11.0 Å². The van der Waals surface area contributed by atoms with Crippen molar-refractivity contribution in [3.8, 4) is 0 Å². The van der Waals surface area contributed by atoms with Gasteiger partial charge in [-0.3, -0.25) is 4.79 Å². The predicted octanol–water partition coefficient (Wildman–Crippen LogP) is 4.04. The highest BCUT2D eigenvalue weighted by Crippen LogP contribution is 2.26. The number of aryl methyl sites for hydroxylation is 2. The van der Waals surface area contributed by atoms with E-state index in [4.69, 9.17) is 4.98 Å². The number of benzene rings is 2. The first-order valence-corrected chi connectivity index (χ1v) is 13.2. The Morgan fingerprint density at radius 2 is 1.85 bits per heavy atom. The third-order valence-electron chi connectivity index (χ3n) is 6.20. The van der Waals surface area contributed by atoms with Crippen LogP contribution in [0.15, 0.2) is 53.4 Å². The van der Waals surface area contributed by atoms with Crippen molar-refractivity contribution in [1.29, 1.82) is 0 Å². The molecule has 7 nitrogen and oxygen atoms in total. The van der Waals surface area contributed by atoms with Gasteiger partial charge in [0.15, 0.2) is 0 Å². The standard InChI is InChI=1S/C25H32N4O3S/c1-3-15-29-23-12-11-21(33(31,32)28-16-7-8-17-28)18-22(23)27-24(29)13-14-25(30)26-19(2)20-9-5-4-6-10-20/h4-6,9-12,18-19H,3,7-8,13-17H2,1-2H3,(H,26,30). The highest BCUT2D eigenvalue weighted by Gasteiger charge is 2.28. The van der Waals surface area contributed by atoms with Crippen molar-refractivity contribution >= 4 is 27.0 Å². The molecule has 1 fully saturated rings. The van der Waals surface area contributed by atoms with E-state index in [1.165, 1.54) is 0 Å². The van der Waals surface area contributed by atoms with Gasteiger partial charge >= 0.3 is 0 Å². The van der Waals surface area contributed by atoms with Crippen LogP contribution in [-0.4, -0.2) is 41.3 Å². The Balaban J connectivity index is 1.51. The molecule has 0 aliphatic carbocycles. The van der Waals surface area contributed by atoms with Crippen LogP contribution in [0.5, 0.6) is 0 Å². The number of sulfonamides is 1. The SMILES string of the molecule is CCCn1c(CCC(=O)NC(C)c2ccccc2)nc2cc(S(=O)(=O)N3CCCC3)ccc21. The van der Waals surface area contributed by atoms with E-state index in [1.54, 1.807) is 16.4 Å². The van der Waals surface area contributed by atoms with Gasteiger partial charge in [0.25, 0.3) is 0 Å². The lowest BCUT2D eigenvalue weighted by atomic mass is 10.1. The number of nitrogens with one attached hydrogen (secondary N) is 1. The molecule has 4 rings (SSSR count). The zero-order valence-corrected chi connectivity index (χ0v) is 20.1. The maximum atomic E-state index is 13.0. The molecule has 8 heteroatoms. The van der Waals surface area contributed by atoms with Gasteiger partial charge in [0.1, 0.15) is 5.82 Å². The van der Waals surface area contributed by atoms with E-state index in [0.29, 0.717) is 36.3 Å². The van der Waals surface area contributed by atoms with E-state index in [1.807, 2.05) is 43.3 Å². The Kier molecular flexibility index (Phi) is 7.14. The van der Waals surface area contributed by atoms with Gasteiger partial charge in [-0.15, -0.1) is 0 Å². The third-order valence-corrected chi connectivity index (χ3v) is 8.10. The van der Waals surface area contributed by atoms with Crippen molar-refractivity contribution in [1.82, 2.24) is 19.2 Å². The first-order chi connectivity index (χ1) is 15.9. The van der Waals surface area contributed by atoms with E-state index in [-0.39, 0.29) is 11.9 Å². The minimum absolute atomic E-state index is 0.0289. The predicted molar refractivity (Wildman–Crippen MR) is 129 cm³/mol. The van der Waals surface area contributed by atoms with Crippen molar-refractivity contribution in [3.63, 3.8) is 0 Å². The number of amides is 1. The molecule has 0 spiro atoms. The molecule has 0 bridgehead atoms. The van der Waals surface area contributed by atoms with Crippen LogP contribution < -0.4 is 5.32 Å². The van der Waals surface area contributed by atoms with Gasteiger partial charge in [-0.1, -0.05) is 37.3 Å². The fourth-order valence-corrected chi connectivity index (χ4v) is 5.96. The Labute approximate surface area is 195 Å². The summed E-state index contributed by atoms with van der Waals surface area (Å²) in [6.07, 6.45) is 3.55. The van der Waals surface area contributed by atoms with Crippen LogP contribution in [0.4, 0.5) is 0 Å². The second-order valence-electron chi connectivity index (χ2n) is 8.64. The molecule has 1 atom stereocenters. The van der Waals surface area contributed by atoms with Crippen molar-refractivity contribution in [2.45, 2.75) is 63.4 Å². The van der Waals surface area contributed by atoms with Crippen molar-refractivity contribution in [3.05, 3.63) is 59.9 Å². The molecule has 0 radical (unpaired) electrons. The van der Waals surface area contributed by atoms with E-state index in [2.05, 4.69) is 16.8 Å². The number of hydrogen-bond donors (Lipinski definition) is 1. The molecule has 3 aromatic rings. The Morgan fingerprint density at radius 3 is 2.55 bits per heavy atom. The lowest BCUT2D eigenvalue weighted by Crippen LogP contribution is -2.27. The monoisotopic (exact) mass is 468 g/mol. The lowest BCUT2D eigenvalue weighted by molar-refractivity contribution is -0.121. The maximum absolute atomic E-state index is 13.0. The largest absolute Gasteiger partial charge is 0.350 e. The molecule has 33 heavy (non-hydrogen) atoms. The van der Waals surface area contributed by atoms with Crippen molar-refractivity contribution in [2.75, 3.05) is 13.1 Å². The fraction of sp³-hybridized carbons (Fsp3) is 0.440. The van der Waals surface area contributed by atoms with Gasteiger partial charge in [-0.2, -0.15) is 4.31 Å². The average Bonchev–Trinajstić information content (AvgIpc) is 3.47. The second-order valence-corrected chi connectivity index (χ2v) is 10.6.